The summed E-state index contributed by atoms with van der Waals surface area (Å²) in [5, 5.41) is 14.5. The van der Waals surface area contributed by atoms with Crippen molar-refractivity contribution in [1.82, 2.24) is 35.1 Å². The molecule has 1 amide bonds. The second-order valence-electron chi connectivity index (χ2n) is 6.88. The first-order chi connectivity index (χ1) is 13.5. The molecule has 1 aromatic carbocycles. The Morgan fingerprint density at radius 3 is 2.79 bits per heavy atom. The predicted molar refractivity (Wildman–Crippen MR) is 97.1 cm³/mol. The maximum absolute atomic E-state index is 13.2. The van der Waals surface area contributed by atoms with E-state index in [1.54, 1.807) is 28.6 Å². The van der Waals surface area contributed by atoms with Crippen molar-refractivity contribution in [2.24, 2.45) is 0 Å². The van der Waals surface area contributed by atoms with Crippen LogP contribution in [0.15, 0.2) is 29.1 Å². The maximum atomic E-state index is 13.2. The van der Waals surface area contributed by atoms with Gasteiger partial charge in [0.2, 0.25) is 0 Å². The first-order valence-corrected chi connectivity index (χ1v) is 9.13. The highest BCUT2D eigenvalue weighted by Crippen LogP contribution is 2.29. The Morgan fingerprint density at radius 1 is 1.29 bits per heavy atom. The summed E-state index contributed by atoms with van der Waals surface area (Å²) in [6.45, 7) is 2.73. The highest BCUT2D eigenvalue weighted by atomic mass is 19.1. The summed E-state index contributed by atoms with van der Waals surface area (Å²) in [6, 6.07) is 5.81. The van der Waals surface area contributed by atoms with Gasteiger partial charge in [-0.05, 0) is 43.9 Å². The largest absolute Gasteiger partial charge is 0.340 e. The van der Waals surface area contributed by atoms with Crippen LogP contribution >= 0.6 is 0 Å². The molecule has 1 aliphatic rings. The Kier molecular flexibility index (Phi) is 4.76. The quantitative estimate of drug-likeness (QED) is 0.708. The van der Waals surface area contributed by atoms with Crippen molar-refractivity contribution in [3.05, 3.63) is 63.3 Å². The topological polar surface area (TPSA) is 113 Å². The third-order valence-corrected chi connectivity index (χ3v) is 5.03. The lowest BCUT2D eigenvalue weighted by Gasteiger charge is -2.33. The number of likely N-dealkylation sites (tertiary alicyclic amines) is 1. The van der Waals surface area contributed by atoms with Crippen LogP contribution in [0, 0.1) is 12.7 Å². The molecule has 0 saturated carbocycles. The van der Waals surface area contributed by atoms with Gasteiger partial charge < -0.3 is 4.90 Å². The van der Waals surface area contributed by atoms with Crippen LogP contribution in [0.5, 0.6) is 0 Å². The number of hydrogen-bond donors (Lipinski definition) is 2. The van der Waals surface area contributed by atoms with E-state index >= 15 is 0 Å². The van der Waals surface area contributed by atoms with E-state index in [0.717, 1.165) is 24.8 Å². The SMILES string of the molecule is Cc1c(C(=O)N2CCCCC2c2n[nH]c(=O)[nH]2)nnn1Cc1ccc(F)cc1. The number of halogens is 1. The summed E-state index contributed by atoms with van der Waals surface area (Å²) in [4.78, 5) is 28.9. The average Bonchev–Trinajstić information content (AvgIpc) is 3.29. The minimum absolute atomic E-state index is 0.239. The van der Waals surface area contributed by atoms with Crippen molar-refractivity contribution in [3.8, 4) is 0 Å². The number of rotatable bonds is 4. The van der Waals surface area contributed by atoms with E-state index in [0.29, 0.717) is 24.6 Å². The van der Waals surface area contributed by atoms with Gasteiger partial charge in [-0.2, -0.15) is 5.10 Å². The maximum Gasteiger partial charge on any atom is 0.340 e. The summed E-state index contributed by atoms with van der Waals surface area (Å²) >= 11 is 0. The van der Waals surface area contributed by atoms with E-state index in [1.165, 1.54) is 12.1 Å². The molecule has 0 aliphatic carbocycles. The second kappa shape index (κ2) is 7.37. The smallest absolute Gasteiger partial charge is 0.327 e. The highest BCUT2D eigenvalue weighted by Gasteiger charge is 2.33. The molecule has 10 heteroatoms. The summed E-state index contributed by atoms with van der Waals surface area (Å²) in [5.41, 5.74) is 1.37. The van der Waals surface area contributed by atoms with Crippen molar-refractivity contribution in [3.63, 3.8) is 0 Å². The normalized spacial score (nSPS) is 17.1. The molecule has 1 unspecified atom stereocenters. The molecule has 1 aliphatic heterocycles. The minimum Gasteiger partial charge on any atom is -0.327 e. The Hall–Kier alpha value is -3.30. The number of piperidine rings is 1. The molecule has 3 aromatic rings. The number of carbonyl (C=O) groups is 1. The minimum atomic E-state index is -0.394. The number of benzene rings is 1. The summed E-state index contributed by atoms with van der Waals surface area (Å²) < 4.78 is 14.7. The van der Waals surface area contributed by atoms with Crippen LogP contribution in [-0.4, -0.2) is 47.5 Å². The van der Waals surface area contributed by atoms with E-state index in [1.807, 2.05) is 0 Å². The number of nitrogens with one attached hydrogen (secondary N) is 2. The van der Waals surface area contributed by atoms with Crippen molar-refractivity contribution in [2.75, 3.05) is 6.54 Å². The van der Waals surface area contributed by atoms with Crippen LogP contribution in [0.1, 0.15) is 52.9 Å². The zero-order valence-corrected chi connectivity index (χ0v) is 15.4. The molecule has 3 heterocycles. The third-order valence-electron chi connectivity index (χ3n) is 5.03. The van der Waals surface area contributed by atoms with Gasteiger partial charge in [0.1, 0.15) is 5.82 Å². The lowest BCUT2D eigenvalue weighted by molar-refractivity contribution is 0.0593. The molecule has 1 saturated heterocycles. The average molecular weight is 385 g/mol. The zero-order chi connectivity index (χ0) is 19.7. The number of hydrogen-bond acceptors (Lipinski definition) is 5. The molecule has 1 fully saturated rings. The van der Waals surface area contributed by atoms with Gasteiger partial charge in [0.25, 0.3) is 5.91 Å². The fourth-order valence-corrected chi connectivity index (χ4v) is 3.51. The fraction of sp³-hybridized carbons (Fsp3) is 0.389. The van der Waals surface area contributed by atoms with E-state index < -0.39 is 5.69 Å². The molecule has 0 spiro atoms. The van der Waals surface area contributed by atoms with Crippen LogP contribution in [0.25, 0.3) is 0 Å². The van der Waals surface area contributed by atoms with Gasteiger partial charge in [-0.25, -0.2) is 19.0 Å². The standard InChI is InChI=1S/C18H20FN7O2/c1-11-15(21-24-26(11)10-12-5-7-13(19)8-6-12)17(27)25-9-3-2-4-14(25)16-20-18(28)23-22-16/h5-8,14H,2-4,9-10H2,1H3,(H2,20,22,23,28). The molecule has 1 atom stereocenters. The van der Waals surface area contributed by atoms with Gasteiger partial charge in [-0.15, -0.1) is 5.10 Å². The summed E-state index contributed by atoms with van der Waals surface area (Å²) in [5.74, 6) is -0.0895. The van der Waals surface area contributed by atoms with Crippen molar-refractivity contribution in [1.29, 1.82) is 0 Å². The fourth-order valence-electron chi connectivity index (χ4n) is 3.51. The lowest BCUT2D eigenvalue weighted by Crippen LogP contribution is -2.39. The van der Waals surface area contributed by atoms with E-state index in [-0.39, 0.29) is 23.5 Å². The Balaban J connectivity index is 1.57. The lowest BCUT2D eigenvalue weighted by atomic mass is 10.0. The van der Waals surface area contributed by atoms with Crippen molar-refractivity contribution >= 4 is 5.91 Å². The van der Waals surface area contributed by atoms with Crippen LogP contribution in [0.2, 0.25) is 0 Å². The van der Waals surface area contributed by atoms with Gasteiger partial charge in [0.05, 0.1) is 18.3 Å². The number of H-pyrrole nitrogens is 2. The Labute approximate surface area is 159 Å². The van der Waals surface area contributed by atoms with Crippen LogP contribution in [0.3, 0.4) is 0 Å². The summed E-state index contributed by atoms with van der Waals surface area (Å²) in [6.07, 6.45) is 2.54. The number of amides is 1. The van der Waals surface area contributed by atoms with E-state index in [2.05, 4.69) is 25.5 Å². The molecule has 146 valence electrons. The van der Waals surface area contributed by atoms with Gasteiger partial charge in [-0.3, -0.25) is 9.78 Å². The van der Waals surface area contributed by atoms with Gasteiger partial charge in [0.15, 0.2) is 11.5 Å². The van der Waals surface area contributed by atoms with Crippen molar-refractivity contribution in [2.45, 2.75) is 38.8 Å². The van der Waals surface area contributed by atoms with Gasteiger partial charge in [-0.1, -0.05) is 17.3 Å². The molecular weight excluding hydrogens is 365 g/mol. The number of aromatic amines is 2. The zero-order valence-electron chi connectivity index (χ0n) is 15.4. The third kappa shape index (κ3) is 3.45. The Bertz CT molecular complexity index is 1040. The highest BCUT2D eigenvalue weighted by molar-refractivity contribution is 5.93. The predicted octanol–water partition coefficient (Wildman–Crippen LogP) is 1.55. The summed E-state index contributed by atoms with van der Waals surface area (Å²) in [7, 11) is 0. The molecular formula is C18H20FN7O2. The first-order valence-electron chi connectivity index (χ1n) is 9.13. The van der Waals surface area contributed by atoms with Gasteiger partial charge in [0, 0.05) is 6.54 Å². The van der Waals surface area contributed by atoms with E-state index in [4.69, 9.17) is 0 Å². The molecule has 28 heavy (non-hydrogen) atoms. The monoisotopic (exact) mass is 385 g/mol. The Morgan fingerprint density at radius 2 is 2.07 bits per heavy atom. The molecule has 2 aromatic heterocycles. The van der Waals surface area contributed by atoms with E-state index in [9.17, 15) is 14.0 Å². The molecule has 2 N–H and O–H groups in total. The first kappa shape index (κ1) is 18.1. The second-order valence-corrected chi connectivity index (χ2v) is 6.88. The van der Waals surface area contributed by atoms with Gasteiger partial charge >= 0.3 is 5.69 Å². The van der Waals surface area contributed by atoms with Crippen LogP contribution < -0.4 is 5.69 Å². The molecule has 0 radical (unpaired) electrons. The molecule has 0 bridgehead atoms. The molecule has 9 nitrogen and oxygen atoms in total. The van der Waals surface area contributed by atoms with Crippen LogP contribution in [-0.2, 0) is 6.54 Å². The number of carbonyl (C=O) groups excluding carboxylic acids is 1. The molecule has 4 rings (SSSR count). The van der Waals surface area contributed by atoms with Crippen molar-refractivity contribution < 1.29 is 9.18 Å². The number of nitrogens with zero attached hydrogens (tertiary/aromatic N) is 5. The van der Waals surface area contributed by atoms with Crippen LogP contribution in [0.4, 0.5) is 4.39 Å². The number of aromatic nitrogens is 6.